The Hall–Kier alpha value is -7.83. The summed E-state index contributed by atoms with van der Waals surface area (Å²) < 4.78 is 6.16. The van der Waals surface area contributed by atoms with Gasteiger partial charge in [0.25, 0.3) is 0 Å². The minimum Gasteiger partial charge on any atom is -0.306 e. The van der Waals surface area contributed by atoms with E-state index >= 15 is 0 Å². The summed E-state index contributed by atoms with van der Waals surface area (Å²) in [6, 6.07) is 63.8. The fraction of sp³-hybridized carbons (Fsp3) is 0. The molecule has 10 aromatic rings. The molecule has 0 saturated carbocycles. The first-order valence-electron chi connectivity index (χ1n) is 19.0. The summed E-state index contributed by atoms with van der Waals surface area (Å²) in [5.41, 5.74) is 16.1. The van der Waals surface area contributed by atoms with Gasteiger partial charge in [0.15, 0.2) is 0 Å². The summed E-state index contributed by atoms with van der Waals surface area (Å²) >= 11 is 0. The second-order valence-electron chi connectivity index (χ2n) is 14.0. The average Bonchev–Trinajstić information content (AvgIpc) is 4.10. The maximum absolute atomic E-state index is 4.72. The van der Waals surface area contributed by atoms with Crippen molar-refractivity contribution in [1.29, 1.82) is 0 Å². The Labute approximate surface area is 331 Å². The maximum atomic E-state index is 4.72. The van der Waals surface area contributed by atoms with Gasteiger partial charge in [-0.25, -0.2) is 15.0 Å². The van der Waals surface area contributed by atoms with E-state index in [0.29, 0.717) is 0 Å². The van der Waals surface area contributed by atoms with Gasteiger partial charge in [-0.15, -0.1) is 0 Å². The predicted molar refractivity (Wildman–Crippen MR) is 230 cm³/mol. The zero-order chi connectivity index (χ0) is 38.0. The lowest BCUT2D eigenvalue weighted by Gasteiger charge is -2.12. The predicted octanol–water partition coefficient (Wildman–Crippen LogP) is 12.2. The quantitative estimate of drug-likeness (QED) is 0.148. The van der Waals surface area contributed by atoms with Crippen LogP contribution >= 0.6 is 0 Å². The molecule has 57 heavy (non-hydrogen) atoms. The van der Waals surface area contributed by atoms with Gasteiger partial charge in [0, 0.05) is 52.3 Å². The average molecular weight is 733 g/mol. The van der Waals surface area contributed by atoms with Crippen LogP contribution in [0.4, 0.5) is 0 Å². The van der Waals surface area contributed by atoms with Gasteiger partial charge in [-0.1, -0.05) is 127 Å². The lowest BCUT2D eigenvalue weighted by Crippen LogP contribution is -1.88. The van der Waals surface area contributed by atoms with Crippen molar-refractivity contribution in [3.8, 4) is 84.2 Å². The van der Waals surface area contributed by atoms with Crippen molar-refractivity contribution in [2.75, 3.05) is 0 Å². The number of rotatable bonds is 9. The van der Waals surface area contributed by atoms with E-state index < -0.39 is 0 Å². The van der Waals surface area contributed by atoms with Crippen LogP contribution in [0.5, 0.6) is 0 Å². The maximum Gasteiger partial charge on any atom is 0.0999 e. The molecule has 0 saturated heterocycles. The van der Waals surface area contributed by atoms with E-state index in [-0.39, 0.29) is 0 Å². The van der Waals surface area contributed by atoms with Crippen LogP contribution in [0.2, 0.25) is 0 Å². The van der Waals surface area contributed by atoms with Crippen molar-refractivity contribution < 1.29 is 0 Å². The highest BCUT2D eigenvalue weighted by Crippen LogP contribution is 2.35. The second kappa shape index (κ2) is 14.8. The highest BCUT2D eigenvalue weighted by molar-refractivity contribution is 5.83. The van der Waals surface area contributed by atoms with Gasteiger partial charge >= 0.3 is 0 Å². The monoisotopic (exact) mass is 732 g/mol. The van der Waals surface area contributed by atoms with Crippen molar-refractivity contribution in [2.24, 2.45) is 0 Å². The minimum atomic E-state index is 0.933. The molecule has 0 bridgehead atoms. The molecule has 10 rings (SSSR count). The van der Waals surface area contributed by atoms with Crippen LogP contribution in [-0.2, 0) is 0 Å². The van der Waals surface area contributed by atoms with Gasteiger partial charge in [0.1, 0.15) is 0 Å². The number of aromatic nitrogens is 6. The van der Waals surface area contributed by atoms with E-state index in [0.717, 1.165) is 84.2 Å². The second-order valence-corrected chi connectivity index (χ2v) is 14.0. The highest BCUT2D eigenvalue weighted by atomic mass is 15.0. The van der Waals surface area contributed by atoms with Crippen LogP contribution in [0.3, 0.4) is 0 Å². The number of benzene rings is 7. The molecule has 0 spiro atoms. The van der Waals surface area contributed by atoms with Crippen LogP contribution in [0, 0.1) is 0 Å². The van der Waals surface area contributed by atoms with Gasteiger partial charge in [0.05, 0.1) is 36.1 Å². The molecule has 6 nitrogen and oxygen atoms in total. The smallest absolute Gasteiger partial charge is 0.0999 e. The third-order valence-corrected chi connectivity index (χ3v) is 10.4. The summed E-state index contributed by atoms with van der Waals surface area (Å²) in [5.74, 6) is 0. The molecule has 270 valence electrons. The zero-order valence-corrected chi connectivity index (χ0v) is 31.0. The molecule has 0 radical (unpaired) electrons. The van der Waals surface area contributed by atoms with E-state index in [4.69, 9.17) is 15.0 Å². The molecule has 6 heteroatoms. The first kappa shape index (κ1) is 33.7. The molecule has 0 N–H and O–H groups in total. The first-order chi connectivity index (χ1) is 28.2. The van der Waals surface area contributed by atoms with Crippen molar-refractivity contribution in [3.63, 3.8) is 0 Å². The van der Waals surface area contributed by atoms with Gasteiger partial charge in [-0.2, -0.15) is 0 Å². The summed E-state index contributed by atoms with van der Waals surface area (Å²) in [7, 11) is 0. The van der Waals surface area contributed by atoms with Crippen LogP contribution < -0.4 is 0 Å². The van der Waals surface area contributed by atoms with E-state index in [1.54, 1.807) is 0 Å². The van der Waals surface area contributed by atoms with Gasteiger partial charge < -0.3 is 13.7 Å². The third kappa shape index (κ3) is 6.99. The number of nitrogens with zero attached hydrogens (tertiary/aromatic N) is 6. The van der Waals surface area contributed by atoms with Crippen molar-refractivity contribution >= 4 is 0 Å². The fourth-order valence-electron chi connectivity index (χ4n) is 7.27. The Morgan fingerprint density at radius 1 is 0.246 bits per heavy atom. The number of imidazole rings is 3. The molecular weight excluding hydrogens is 697 g/mol. The molecule has 0 aliphatic heterocycles. The number of hydrogen-bond acceptors (Lipinski definition) is 3. The van der Waals surface area contributed by atoms with Gasteiger partial charge in [-0.05, 0) is 88.0 Å². The van der Waals surface area contributed by atoms with Crippen LogP contribution in [0.25, 0.3) is 84.2 Å². The molecule has 0 fully saturated rings. The Bertz CT molecular complexity index is 2570. The topological polar surface area (TPSA) is 53.5 Å². The molecular formula is C51H36N6. The fourth-order valence-corrected chi connectivity index (χ4v) is 7.27. The Kier molecular flexibility index (Phi) is 8.74. The molecule has 3 aromatic heterocycles. The van der Waals surface area contributed by atoms with Crippen molar-refractivity contribution in [1.82, 2.24) is 28.7 Å². The van der Waals surface area contributed by atoms with E-state index in [1.807, 2.05) is 73.6 Å². The molecule has 0 aliphatic rings. The normalized spacial score (nSPS) is 11.2. The molecule has 0 aliphatic carbocycles. The summed E-state index contributed by atoms with van der Waals surface area (Å²) in [4.78, 5) is 14.1. The molecule has 7 aromatic carbocycles. The SMILES string of the molecule is c1ccc(-n2cnc(-c3ccc(-c4cc(-c5ccc(-c6cn(-c7ccccc7)cn6)cc5)cc(-c5ccc(-c6cn(-c7ccccc7)cn6)cc5)c4)cc3)c2)cc1. The van der Waals surface area contributed by atoms with Gasteiger partial charge in [0.2, 0.25) is 0 Å². The Morgan fingerprint density at radius 2 is 0.491 bits per heavy atom. The van der Waals surface area contributed by atoms with Crippen LogP contribution in [0.1, 0.15) is 0 Å². The summed E-state index contributed by atoms with van der Waals surface area (Å²) in [5, 5.41) is 0. The molecule has 0 atom stereocenters. The van der Waals surface area contributed by atoms with Crippen molar-refractivity contribution in [2.45, 2.75) is 0 Å². The largest absolute Gasteiger partial charge is 0.306 e. The standard InChI is InChI=1S/C51H36N6/c1-4-10-46(11-5-1)55-31-49(52-34-55)40-22-16-37(17-23-40)43-28-44(38-18-24-41(25-19-38)50-32-56(35-53-50)47-12-6-2-7-13-47)30-45(29-43)39-20-26-42(27-21-39)51-33-57(36-54-51)48-14-8-3-9-15-48/h1-36H. The van der Waals surface area contributed by atoms with Crippen LogP contribution in [-0.4, -0.2) is 28.7 Å². The zero-order valence-electron chi connectivity index (χ0n) is 31.0. The first-order valence-corrected chi connectivity index (χ1v) is 19.0. The Morgan fingerprint density at radius 3 is 0.754 bits per heavy atom. The Balaban J connectivity index is 0.979. The summed E-state index contributed by atoms with van der Waals surface area (Å²) in [6.45, 7) is 0. The van der Waals surface area contributed by atoms with Gasteiger partial charge in [-0.3, -0.25) is 0 Å². The highest BCUT2D eigenvalue weighted by Gasteiger charge is 2.12. The molecule has 3 heterocycles. The van der Waals surface area contributed by atoms with E-state index in [2.05, 4.69) is 160 Å². The van der Waals surface area contributed by atoms with E-state index in [9.17, 15) is 0 Å². The van der Waals surface area contributed by atoms with Crippen LogP contribution in [0.15, 0.2) is 220 Å². The summed E-state index contributed by atoms with van der Waals surface area (Å²) in [6.07, 6.45) is 11.8. The third-order valence-electron chi connectivity index (χ3n) is 10.4. The number of hydrogen-bond donors (Lipinski definition) is 0. The van der Waals surface area contributed by atoms with Crippen molar-refractivity contribution in [3.05, 3.63) is 220 Å². The molecule has 0 amide bonds. The minimum absolute atomic E-state index is 0.933. The molecule has 0 unspecified atom stereocenters. The lowest BCUT2D eigenvalue weighted by atomic mass is 9.92. The number of para-hydroxylation sites is 3. The lowest BCUT2D eigenvalue weighted by molar-refractivity contribution is 1.06. The van der Waals surface area contributed by atoms with E-state index in [1.165, 1.54) is 0 Å².